The third kappa shape index (κ3) is 13.2. The summed E-state index contributed by atoms with van der Waals surface area (Å²) in [5, 5.41) is 20.8. The van der Waals surface area contributed by atoms with E-state index >= 15 is 0 Å². The van der Waals surface area contributed by atoms with Gasteiger partial charge in [0.2, 0.25) is 17.9 Å². The van der Waals surface area contributed by atoms with E-state index in [9.17, 15) is 24.3 Å². The van der Waals surface area contributed by atoms with E-state index in [0.29, 0.717) is 24.5 Å². The van der Waals surface area contributed by atoms with Crippen molar-refractivity contribution in [2.45, 2.75) is 140 Å². The minimum Gasteiger partial charge on any atom is -0.433 e. The van der Waals surface area contributed by atoms with Crippen molar-refractivity contribution in [3.63, 3.8) is 0 Å². The molecular formula is C52H68N6O7. The van der Waals surface area contributed by atoms with Crippen LogP contribution in [0.3, 0.4) is 0 Å². The number of carbonyl (C=O) groups is 4. The monoisotopic (exact) mass is 889 g/mol. The summed E-state index contributed by atoms with van der Waals surface area (Å²) in [7, 11) is 0. The quantitative estimate of drug-likeness (QED) is 0.0469. The summed E-state index contributed by atoms with van der Waals surface area (Å²) in [6, 6.07) is 21.9. The lowest BCUT2D eigenvalue weighted by Crippen LogP contribution is -2.59. The predicted octanol–water partition coefficient (Wildman–Crippen LogP) is 7.29. The number of benzene rings is 3. The van der Waals surface area contributed by atoms with Gasteiger partial charge in [-0.05, 0) is 79.2 Å². The number of imidazole rings is 1. The van der Waals surface area contributed by atoms with Crippen molar-refractivity contribution < 1.29 is 33.8 Å². The lowest BCUT2D eigenvalue weighted by atomic mass is 9.81. The van der Waals surface area contributed by atoms with E-state index in [0.717, 1.165) is 53.5 Å². The second-order valence-corrected chi connectivity index (χ2v) is 19.1. The molecule has 13 nitrogen and oxygen atoms in total. The Morgan fingerprint density at radius 3 is 2.00 bits per heavy atom. The molecule has 7 N–H and O–H groups in total. The lowest BCUT2D eigenvalue weighted by Gasteiger charge is -2.36. The average Bonchev–Trinajstić information content (AvgIpc) is 3.92. The number of aliphatic hydroxyl groups is 1. The second-order valence-electron chi connectivity index (χ2n) is 19.1. The minimum atomic E-state index is -1.61. The number of H-pyrrole nitrogens is 1. The van der Waals surface area contributed by atoms with Gasteiger partial charge in [0.05, 0.1) is 24.1 Å². The van der Waals surface area contributed by atoms with Gasteiger partial charge in [-0.3, -0.25) is 14.4 Å². The Bertz CT molecular complexity index is 2150. The SMILES string of the molecule is C=C[C@@H](C[C@@H](O)[C@H](CC1CCCCC1)NC(=O)[C@H](Cc1cnc[nH]1)NC(=O)[C@H](Cc1ccccc1)NC(=O)C(OC(N)=O)[C@H](OC(C)(C)C)C1c2ccccc2-c2ccccc21)C(C)C. The summed E-state index contributed by atoms with van der Waals surface area (Å²) >= 11 is 0. The first-order valence-corrected chi connectivity index (χ1v) is 23.2. The second kappa shape index (κ2) is 22.4. The number of nitrogens with one attached hydrogen (secondary N) is 4. The fourth-order valence-electron chi connectivity index (χ4n) is 9.53. The van der Waals surface area contributed by atoms with Gasteiger partial charge >= 0.3 is 6.09 Å². The molecule has 1 fully saturated rings. The number of primary amides is 1. The van der Waals surface area contributed by atoms with E-state index in [-0.39, 0.29) is 24.7 Å². The summed E-state index contributed by atoms with van der Waals surface area (Å²) in [6.45, 7) is 13.7. The van der Waals surface area contributed by atoms with Crippen LogP contribution in [0.1, 0.15) is 108 Å². The van der Waals surface area contributed by atoms with Crippen LogP contribution >= 0.6 is 0 Å². The number of carbonyl (C=O) groups excluding carboxylic acids is 4. The normalized spacial score (nSPS) is 17.3. The summed E-state index contributed by atoms with van der Waals surface area (Å²) in [5.74, 6) is -1.88. The van der Waals surface area contributed by atoms with E-state index in [1.807, 2.05) is 106 Å². The minimum absolute atomic E-state index is 0.0289. The van der Waals surface area contributed by atoms with Crippen molar-refractivity contribution in [1.29, 1.82) is 0 Å². The molecule has 0 aliphatic heterocycles. The highest BCUT2D eigenvalue weighted by Gasteiger charge is 2.46. The lowest BCUT2D eigenvalue weighted by molar-refractivity contribution is -0.152. The molecule has 1 heterocycles. The van der Waals surface area contributed by atoms with Gasteiger partial charge in [-0.2, -0.15) is 0 Å². The zero-order valence-electron chi connectivity index (χ0n) is 38.5. The van der Waals surface area contributed by atoms with Gasteiger partial charge in [0.15, 0.2) is 0 Å². The van der Waals surface area contributed by atoms with Crippen LogP contribution in [-0.2, 0) is 36.7 Å². The fourth-order valence-corrected chi connectivity index (χ4v) is 9.53. The fraction of sp³-hybridized carbons (Fsp3) is 0.481. The number of aliphatic hydroxyl groups excluding tert-OH is 1. The summed E-state index contributed by atoms with van der Waals surface area (Å²) < 4.78 is 12.4. The number of nitrogens with zero attached hydrogens (tertiary/aromatic N) is 1. The molecule has 1 aromatic heterocycles. The molecule has 0 bridgehead atoms. The van der Waals surface area contributed by atoms with E-state index < -0.39 is 71.8 Å². The first-order valence-electron chi connectivity index (χ1n) is 23.2. The van der Waals surface area contributed by atoms with Crippen LogP contribution in [-0.4, -0.2) is 80.9 Å². The molecule has 13 heteroatoms. The molecule has 348 valence electrons. The number of allylic oxidation sites excluding steroid dienone is 1. The van der Waals surface area contributed by atoms with Crippen molar-refractivity contribution in [3.05, 3.63) is 126 Å². The number of amides is 4. The van der Waals surface area contributed by atoms with E-state index in [4.69, 9.17) is 15.2 Å². The summed E-state index contributed by atoms with van der Waals surface area (Å²) in [4.78, 5) is 64.2. The first kappa shape index (κ1) is 48.7. The molecule has 4 aromatic rings. The smallest absolute Gasteiger partial charge is 0.405 e. The van der Waals surface area contributed by atoms with Crippen molar-refractivity contribution in [2.24, 2.45) is 23.5 Å². The number of nitrogens with two attached hydrogens (primary N) is 1. The van der Waals surface area contributed by atoms with Crippen LogP contribution in [0.15, 0.2) is 104 Å². The Morgan fingerprint density at radius 1 is 0.846 bits per heavy atom. The number of hydrogen-bond donors (Lipinski definition) is 6. The van der Waals surface area contributed by atoms with Crippen molar-refractivity contribution >= 4 is 23.8 Å². The van der Waals surface area contributed by atoms with Crippen LogP contribution in [0.4, 0.5) is 4.79 Å². The summed E-state index contributed by atoms with van der Waals surface area (Å²) in [5.41, 5.74) is 9.92. The standard InChI is InChI=1S/C52H68N6O7/c1-7-35(32(2)3)28-44(59)41(26-33-18-10-8-11-19-33)56-49(61)43(29-36-30-54-31-55-36)57-48(60)42(27-34-20-12-9-13-21-34)58-50(62)47(64-51(53)63)46(65-52(4,5)6)45-39-24-16-14-22-37(39)38-23-15-17-25-40(38)45/h7,9,12-17,20-25,30-33,35,41-47,59H,1,8,10-11,18-19,26-29H2,2-6H3,(H2,53,63)(H,54,55)(H,56,61)(H,57,60)(H,58,62)/t35-,41-,42-,43-,44+,46+,47?/m0/s1. The third-order valence-corrected chi connectivity index (χ3v) is 12.8. The molecule has 6 rings (SSSR count). The molecule has 3 aromatic carbocycles. The van der Waals surface area contributed by atoms with E-state index in [2.05, 4.69) is 46.3 Å². The van der Waals surface area contributed by atoms with Crippen molar-refractivity contribution in [3.8, 4) is 11.1 Å². The molecule has 1 unspecified atom stereocenters. The predicted molar refractivity (Wildman–Crippen MR) is 251 cm³/mol. The first-order chi connectivity index (χ1) is 31.1. The number of fused-ring (bicyclic) bond motifs is 3. The van der Waals surface area contributed by atoms with Gasteiger partial charge in [-0.25, -0.2) is 9.78 Å². The number of aromatic nitrogens is 2. The topological polar surface area (TPSA) is 198 Å². The third-order valence-electron chi connectivity index (χ3n) is 12.8. The molecule has 0 saturated heterocycles. The van der Waals surface area contributed by atoms with Gasteiger partial charge in [0.25, 0.3) is 5.91 Å². The molecule has 0 spiro atoms. The average molecular weight is 889 g/mol. The van der Waals surface area contributed by atoms with Crippen molar-refractivity contribution in [1.82, 2.24) is 25.9 Å². The Labute approximate surface area is 383 Å². The van der Waals surface area contributed by atoms with Gasteiger partial charge in [-0.15, -0.1) is 6.58 Å². The number of hydrogen-bond acceptors (Lipinski definition) is 8. The maximum absolute atomic E-state index is 14.9. The zero-order chi connectivity index (χ0) is 46.7. The Balaban J connectivity index is 1.32. The van der Waals surface area contributed by atoms with Gasteiger partial charge in [0, 0.05) is 30.7 Å². The highest BCUT2D eigenvalue weighted by atomic mass is 16.6. The summed E-state index contributed by atoms with van der Waals surface area (Å²) in [6.07, 6.45) is 6.71. The number of ether oxygens (including phenoxy) is 2. The van der Waals surface area contributed by atoms with Gasteiger partial charge in [-0.1, -0.05) is 131 Å². The number of rotatable bonds is 21. The number of aromatic amines is 1. The molecule has 1 saturated carbocycles. The van der Waals surface area contributed by atoms with Gasteiger partial charge in [0.1, 0.15) is 18.2 Å². The van der Waals surface area contributed by atoms with Gasteiger partial charge < -0.3 is 41.2 Å². The van der Waals surface area contributed by atoms with Crippen LogP contribution in [0, 0.1) is 17.8 Å². The molecule has 2 aliphatic carbocycles. The molecule has 7 atom stereocenters. The molecule has 4 amide bonds. The molecule has 65 heavy (non-hydrogen) atoms. The maximum Gasteiger partial charge on any atom is 0.405 e. The van der Waals surface area contributed by atoms with E-state index in [1.165, 1.54) is 12.7 Å². The Hall–Kier alpha value is -5.79. The highest BCUT2D eigenvalue weighted by molar-refractivity contribution is 5.94. The van der Waals surface area contributed by atoms with Crippen LogP contribution < -0.4 is 21.7 Å². The van der Waals surface area contributed by atoms with Crippen LogP contribution in [0.5, 0.6) is 0 Å². The Morgan fingerprint density at radius 2 is 1.43 bits per heavy atom. The van der Waals surface area contributed by atoms with Crippen LogP contribution in [0.25, 0.3) is 11.1 Å². The zero-order valence-corrected chi connectivity index (χ0v) is 38.5. The largest absolute Gasteiger partial charge is 0.433 e. The molecular weight excluding hydrogens is 821 g/mol. The van der Waals surface area contributed by atoms with Crippen molar-refractivity contribution in [2.75, 3.05) is 0 Å². The Kier molecular flexibility index (Phi) is 16.8. The highest BCUT2D eigenvalue weighted by Crippen LogP contribution is 2.48. The molecule has 0 radical (unpaired) electrons. The molecule has 2 aliphatic rings. The maximum atomic E-state index is 14.9. The van der Waals surface area contributed by atoms with Crippen LogP contribution in [0.2, 0.25) is 0 Å². The van der Waals surface area contributed by atoms with E-state index in [1.54, 1.807) is 6.20 Å².